The fourth-order valence-corrected chi connectivity index (χ4v) is 5.52. The van der Waals surface area contributed by atoms with E-state index in [1.807, 2.05) is 49.4 Å². The molecule has 0 aliphatic carbocycles. The van der Waals surface area contributed by atoms with Crippen molar-refractivity contribution in [1.29, 1.82) is 0 Å². The molecule has 1 saturated heterocycles. The van der Waals surface area contributed by atoms with Gasteiger partial charge in [0.25, 0.3) is 0 Å². The van der Waals surface area contributed by atoms with Crippen molar-refractivity contribution in [3.8, 4) is 5.75 Å². The number of fused-ring (bicyclic) bond motifs is 1. The van der Waals surface area contributed by atoms with Crippen LogP contribution in [-0.2, 0) is 19.1 Å². The first-order chi connectivity index (χ1) is 19.3. The summed E-state index contributed by atoms with van der Waals surface area (Å²) in [6.45, 7) is 5.56. The first-order valence-electron chi connectivity index (χ1n) is 13.7. The van der Waals surface area contributed by atoms with Gasteiger partial charge in [-0.1, -0.05) is 54.9 Å². The van der Waals surface area contributed by atoms with Crippen molar-refractivity contribution in [3.63, 3.8) is 0 Å². The summed E-state index contributed by atoms with van der Waals surface area (Å²) in [5, 5.41) is 4.83. The van der Waals surface area contributed by atoms with E-state index in [0.717, 1.165) is 43.4 Å². The van der Waals surface area contributed by atoms with Crippen LogP contribution in [0.25, 0.3) is 10.9 Å². The average molecular weight is 568 g/mol. The Labute approximate surface area is 238 Å². The largest absolute Gasteiger partial charge is 0.493 e. The van der Waals surface area contributed by atoms with Crippen LogP contribution in [0, 0.1) is 11.8 Å². The van der Waals surface area contributed by atoms with Crippen molar-refractivity contribution >= 4 is 28.2 Å². The molecule has 0 radical (unpaired) electrons. The molecule has 2 atom stereocenters. The van der Waals surface area contributed by atoms with Crippen molar-refractivity contribution in [2.75, 3.05) is 31.1 Å². The second-order valence-corrected chi connectivity index (χ2v) is 10.9. The fraction of sp³-hybridized carbons (Fsp3) is 0.344. The molecule has 5 rings (SSSR count). The highest BCUT2D eigenvalue weighted by Gasteiger charge is 2.34. The standard InChI is InChI=1S/C32H33ClF3N3O/c1-2-14-40-30-17-31(32(34,35)36)38-29-13-8-23(16-28(29)30)20-39(27-11-9-26(33)10-12-27)21-25-19-37-18-24(25)15-22-6-4-3-5-7-22/h3-13,16-17,24-25,37H,2,14-15,18-21H2,1H3. The first-order valence-corrected chi connectivity index (χ1v) is 14.1. The molecule has 210 valence electrons. The van der Waals surface area contributed by atoms with Gasteiger partial charge >= 0.3 is 6.18 Å². The number of nitrogens with one attached hydrogen (secondary N) is 1. The first kappa shape index (κ1) is 28.2. The van der Waals surface area contributed by atoms with Crippen LogP contribution >= 0.6 is 11.6 Å². The Balaban J connectivity index is 1.44. The minimum atomic E-state index is -4.55. The molecule has 3 aromatic carbocycles. The molecule has 4 nitrogen and oxygen atoms in total. The summed E-state index contributed by atoms with van der Waals surface area (Å²) in [6, 6.07) is 24.8. The predicted octanol–water partition coefficient (Wildman–Crippen LogP) is 7.78. The summed E-state index contributed by atoms with van der Waals surface area (Å²) >= 11 is 6.20. The van der Waals surface area contributed by atoms with E-state index < -0.39 is 11.9 Å². The Morgan fingerprint density at radius 3 is 2.42 bits per heavy atom. The Bertz CT molecular complexity index is 1410. The summed E-state index contributed by atoms with van der Waals surface area (Å²) in [5.41, 5.74) is 2.67. The Kier molecular flexibility index (Phi) is 8.81. The second kappa shape index (κ2) is 12.5. The zero-order valence-corrected chi connectivity index (χ0v) is 23.2. The second-order valence-electron chi connectivity index (χ2n) is 10.4. The molecule has 1 fully saturated rings. The van der Waals surface area contributed by atoms with Crippen LogP contribution in [0.15, 0.2) is 78.9 Å². The predicted molar refractivity (Wildman–Crippen MR) is 155 cm³/mol. The van der Waals surface area contributed by atoms with E-state index in [9.17, 15) is 13.2 Å². The van der Waals surface area contributed by atoms with Crippen molar-refractivity contribution in [2.45, 2.75) is 32.5 Å². The zero-order valence-electron chi connectivity index (χ0n) is 22.4. The summed E-state index contributed by atoms with van der Waals surface area (Å²) in [7, 11) is 0. The van der Waals surface area contributed by atoms with Crippen LogP contribution in [-0.4, -0.2) is 31.2 Å². The van der Waals surface area contributed by atoms with Gasteiger partial charge in [-0.2, -0.15) is 13.2 Å². The molecule has 4 aromatic rings. The molecule has 1 aliphatic heterocycles. The van der Waals surface area contributed by atoms with E-state index in [2.05, 4.69) is 39.5 Å². The number of halogens is 4. The van der Waals surface area contributed by atoms with Crippen LogP contribution in [0.3, 0.4) is 0 Å². The van der Waals surface area contributed by atoms with Crippen LogP contribution in [0.2, 0.25) is 5.02 Å². The number of nitrogens with zero attached hydrogens (tertiary/aromatic N) is 2. The van der Waals surface area contributed by atoms with E-state index >= 15 is 0 Å². The topological polar surface area (TPSA) is 37.4 Å². The third-order valence-corrected chi connectivity index (χ3v) is 7.68. The maximum Gasteiger partial charge on any atom is 0.433 e. The number of alkyl halides is 3. The van der Waals surface area contributed by atoms with Crippen LogP contribution in [0.1, 0.15) is 30.2 Å². The molecule has 1 aromatic heterocycles. The van der Waals surface area contributed by atoms with Gasteiger partial charge in [0.1, 0.15) is 11.4 Å². The molecular formula is C32H33ClF3N3O. The Morgan fingerprint density at radius 1 is 0.950 bits per heavy atom. The molecule has 2 heterocycles. The number of pyridine rings is 1. The van der Waals surface area contributed by atoms with Gasteiger partial charge in [-0.25, -0.2) is 4.98 Å². The van der Waals surface area contributed by atoms with Gasteiger partial charge in [0.15, 0.2) is 0 Å². The number of hydrogen-bond acceptors (Lipinski definition) is 4. The minimum absolute atomic E-state index is 0.210. The van der Waals surface area contributed by atoms with E-state index in [4.69, 9.17) is 16.3 Å². The van der Waals surface area contributed by atoms with Gasteiger partial charge in [0, 0.05) is 35.3 Å². The highest BCUT2D eigenvalue weighted by Crippen LogP contribution is 2.35. The lowest BCUT2D eigenvalue weighted by Crippen LogP contribution is -2.33. The van der Waals surface area contributed by atoms with E-state index in [0.29, 0.717) is 41.8 Å². The lowest BCUT2D eigenvalue weighted by Gasteiger charge is -2.30. The zero-order chi connectivity index (χ0) is 28.1. The van der Waals surface area contributed by atoms with Gasteiger partial charge in [-0.3, -0.25) is 0 Å². The minimum Gasteiger partial charge on any atom is -0.493 e. The van der Waals surface area contributed by atoms with Gasteiger partial charge < -0.3 is 15.0 Å². The number of ether oxygens (including phenoxy) is 1. The normalized spacial score (nSPS) is 17.3. The van der Waals surface area contributed by atoms with Crippen molar-refractivity contribution in [3.05, 3.63) is 101 Å². The molecular weight excluding hydrogens is 535 g/mol. The van der Waals surface area contributed by atoms with E-state index in [1.165, 1.54) is 5.56 Å². The van der Waals surface area contributed by atoms with Crippen molar-refractivity contribution in [2.24, 2.45) is 11.8 Å². The van der Waals surface area contributed by atoms with Crippen LogP contribution in [0.5, 0.6) is 5.75 Å². The fourth-order valence-electron chi connectivity index (χ4n) is 5.39. The SMILES string of the molecule is CCCOc1cc(C(F)(F)F)nc2ccc(CN(CC3CNCC3Cc3ccccc3)c3ccc(Cl)cc3)cc12. The monoisotopic (exact) mass is 567 g/mol. The molecule has 0 bridgehead atoms. The third kappa shape index (κ3) is 6.88. The molecule has 2 unspecified atom stereocenters. The summed E-state index contributed by atoms with van der Waals surface area (Å²) < 4.78 is 46.3. The molecule has 0 spiro atoms. The summed E-state index contributed by atoms with van der Waals surface area (Å²) in [4.78, 5) is 6.23. The molecule has 0 saturated carbocycles. The smallest absolute Gasteiger partial charge is 0.433 e. The maximum absolute atomic E-state index is 13.5. The number of anilines is 1. The van der Waals surface area contributed by atoms with Crippen molar-refractivity contribution in [1.82, 2.24) is 10.3 Å². The number of aromatic nitrogens is 1. The molecule has 0 amide bonds. The Hall–Kier alpha value is -3.29. The lowest BCUT2D eigenvalue weighted by molar-refractivity contribution is -0.141. The number of benzene rings is 3. The van der Waals surface area contributed by atoms with Gasteiger partial charge in [0.2, 0.25) is 0 Å². The third-order valence-electron chi connectivity index (χ3n) is 7.43. The molecule has 40 heavy (non-hydrogen) atoms. The van der Waals surface area contributed by atoms with Gasteiger partial charge in [-0.05, 0) is 85.3 Å². The number of rotatable bonds is 10. The molecule has 1 aliphatic rings. The molecule has 1 N–H and O–H groups in total. The summed E-state index contributed by atoms with van der Waals surface area (Å²) in [6.07, 6.45) is -2.85. The molecule has 8 heteroatoms. The highest BCUT2D eigenvalue weighted by molar-refractivity contribution is 6.30. The van der Waals surface area contributed by atoms with Crippen LogP contribution < -0.4 is 15.0 Å². The quantitative estimate of drug-likeness (QED) is 0.212. The van der Waals surface area contributed by atoms with E-state index in [1.54, 1.807) is 6.07 Å². The average Bonchev–Trinajstić information content (AvgIpc) is 3.38. The van der Waals surface area contributed by atoms with Crippen molar-refractivity contribution < 1.29 is 17.9 Å². The van der Waals surface area contributed by atoms with E-state index in [-0.39, 0.29) is 11.3 Å². The maximum atomic E-state index is 13.5. The summed E-state index contributed by atoms with van der Waals surface area (Å²) in [5.74, 6) is 1.13. The lowest BCUT2D eigenvalue weighted by atomic mass is 9.89. The van der Waals surface area contributed by atoms with Crippen LogP contribution in [0.4, 0.5) is 18.9 Å². The van der Waals surface area contributed by atoms with Gasteiger partial charge in [-0.15, -0.1) is 0 Å². The highest BCUT2D eigenvalue weighted by atomic mass is 35.5. The Morgan fingerprint density at radius 2 is 1.70 bits per heavy atom. The van der Waals surface area contributed by atoms with Gasteiger partial charge in [0.05, 0.1) is 12.1 Å². The number of hydrogen-bond donors (Lipinski definition) is 1.